The SMILES string of the molecule is CCC(C)c1ccc(/C(C)=N/NC(N)=O)cc1. The van der Waals surface area contributed by atoms with Crippen LogP contribution in [0.15, 0.2) is 29.4 Å². The molecule has 1 aromatic rings. The average molecular weight is 233 g/mol. The molecule has 1 atom stereocenters. The second-order valence-electron chi connectivity index (χ2n) is 4.10. The number of nitrogens with two attached hydrogens (primary N) is 1. The fourth-order valence-corrected chi connectivity index (χ4v) is 1.49. The van der Waals surface area contributed by atoms with E-state index in [9.17, 15) is 4.79 Å². The minimum absolute atomic E-state index is 0.560. The van der Waals surface area contributed by atoms with Gasteiger partial charge in [-0.05, 0) is 30.4 Å². The summed E-state index contributed by atoms with van der Waals surface area (Å²) in [6.07, 6.45) is 1.12. The quantitative estimate of drug-likeness (QED) is 0.609. The monoisotopic (exact) mass is 233 g/mol. The molecule has 92 valence electrons. The van der Waals surface area contributed by atoms with Gasteiger partial charge in [0.1, 0.15) is 0 Å². The van der Waals surface area contributed by atoms with E-state index < -0.39 is 6.03 Å². The second kappa shape index (κ2) is 6.03. The van der Waals surface area contributed by atoms with E-state index in [4.69, 9.17) is 5.73 Å². The highest BCUT2D eigenvalue weighted by atomic mass is 16.2. The topological polar surface area (TPSA) is 67.5 Å². The molecule has 3 N–H and O–H groups in total. The van der Waals surface area contributed by atoms with Crippen LogP contribution in [-0.4, -0.2) is 11.7 Å². The van der Waals surface area contributed by atoms with E-state index in [1.54, 1.807) is 0 Å². The lowest BCUT2D eigenvalue weighted by Gasteiger charge is -2.09. The minimum Gasteiger partial charge on any atom is -0.350 e. The van der Waals surface area contributed by atoms with Crippen molar-refractivity contribution < 1.29 is 4.79 Å². The number of nitrogens with one attached hydrogen (secondary N) is 1. The maximum atomic E-state index is 10.5. The van der Waals surface area contributed by atoms with Crippen molar-refractivity contribution in [1.29, 1.82) is 0 Å². The lowest BCUT2D eigenvalue weighted by molar-refractivity contribution is 0.249. The number of urea groups is 1. The van der Waals surface area contributed by atoms with Crippen molar-refractivity contribution in [2.24, 2.45) is 10.8 Å². The molecule has 1 aromatic carbocycles. The van der Waals surface area contributed by atoms with E-state index in [1.807, 2.05) is 19.1 Å². The molecule has 0 spiro atoms. The van der Waals surface area contributed by atoms with Gasteiger partial charge in [-0.3, -0.25) is 0 Å². The van der Waals surface area contributed by atoms with E-state index in [0.29, 0.717) is 5.92 Å². The molecule has 4 nitrogen and oxygen atoms in total. The van der Waals surface area contributed by atoms with E-state index in [1.165, 1.54) is 5.56 Å². The molecule has 4 heteroatoms. The van der Waals surface area contributed by atoms with Crippen molar-refractivity contribution in [3.05, 3.63) is 35.4 Å². The first-order valence-corrected chi connectivity index (χ1v) is 5.74. The number of carbonyl (C=O) groups is 1. The molecule has 0 aliphatic carbocycles. The number of nitrogens with zero attached hydrogens (tertiary/aromatic N) is 1. The van der Waals surface area contributed by atoms with Crippen LogP contribution >= 0.6 is 0 Å². The normalized spacial score (nSPS) is 13.2. The van der Waals surface area contributed by atoms with Crippen LogP contribution in [0.2, 0.25) is 0 Å². The van der Waals surface area contributed by atoms with Crippen LogP contribution in [0.3, 0.4) is 0 Å². The summed E-state index contributed by atoms with van der Waals surface area (Å²) >= 11 is 0. The predicted molar refractivity (Wildman–Crippen MR) is 70.1 cm³/mol. The highest BCUT2D eigenvalue weighted by Crippen LogP contribution is 2.18. The number of hydrogen-bond donors (Lipinski definition) is 2. The van der Waals surface area contributed by atoms with E-state index in [0.717, 1.165) is 17.7 Å². The number of carbonyl (C=O) groups excluding carboxylic acids is 1. The van der Waals surface area contributed by atoms with Gasteiger partial charge in [-0.1, -0.05) is 38.1 Å². The van der Waals surface area contributed by atoms with Crippen molar-refractivity contribution >= 4 is 11.7 Å². The maximum absolute atomic E-state index is 10.5. The summed E-state index contributed by atoms with van der Waals surface area (Å²) in [6.45, 7) is 6.20. The van der Waals surface area contributed by atoms with Gasteiger partial charge in [-0.2, -0.15) is 5.10 Å². The molecule has 0 bridgehead atoms. The summed E-state index contributed by atoms with van der Waals surface area (Å²) in [5, 5.41) is 3.88. The Morgan fingerprint density at radius 3 is 2.47 bits per heavy atom. The van der Waals surface area contributed by atoms with Crippen LogP contribution in [0.5, 0.6) is 0 Å². The summed E-state index contributed by atoms with van der Waals surface area (Å²) in [7, 11) is 0. The molecule has 2 amide bonds. The van der Waals surface area contributed by atoms with Gasteiger partial charge in [0.25, 0.3) is 0 Å². The van der Waals surface area contributed by atoms with Crippen LogP contribution in [0.25, 0.3) is 0 Å². The van der Waals surface area contributed by atoms with E-state index in [-0.39, 0.29) is 0 Å². The maximum Gasteiger partial charge on any atom is 0.332 e. The molecule has 1 unspecified atom stereocenters. The van der Waals surface area contributed by atoms with Gasteiger partial charge in [-0.15, -0.1) is 0 Å². The lowest BCUT2D eigenvalue weighted by atomic mass is 9.97. The lowest BCUT2D eigenvalue weighted by Crippen LogP contribution is -2.25. The van der Waals surface area contributed by atoms with E-state index >= 15 is 0 Å². The molecule has 0 aliphatic heterocycles. The Bertz CT molecular complexity index is 409. The average Bonchev–Trinajstić information content (AvgIpc) is 2.35. The van der Waals surface area contributed by atoms with Crippen molar-refractivity contribution in [1.82, 2.24) is 5.43 Å². The minimum atomic E-state index is -0.652. The van der Waals surface area contributed by atoms with Crippen molar-refractivity contribution in [2.75, 3.05) is 0 Å². The van der Waals surface area contributed by atoms with Crippen molar-refractivity contribution in [2.45, 2.75) is 33.1 Å². The summed E-state index contributed by atoms with van der Waals surface area (Å²) in [5.41, 5.74) is 10.2. The first-order chi connectivity index (χ1) is 8.04. The molecule has 0 saturated heterocycles. The van der Waals surface area contributed by atoms with Crippen LogP contribution in [0.4, 0.5) is 4.79 Å². The van der Waals surface area contributed by atoms with Gasteiger partial charge in [0, 0.05) is 0 Å². The third-order valence-corrected chi connectivity index (χ3v) is 2.84. The van der Waals surface area contributed by atoms with Crippen LogP contribution in [-0.2, 0) is 0 Å². The first-order valence-electron chi connectivity index (χ1n) is 5.74. The Labute approximate surface area is 102 Å². The first kappa shape index (κ1) is 13.2. The molecule has 1 rings (SSSR count). The van der Waals surface area contributed by atoms with Gasteiger partial charge in [-0.25, -0.2) is 10.2 Å². The smallest absolute Gasteiger partial charge is 0.332 e. The number of amides is 2. The summed E-state index contributed by atoms with van der Waals surface area (Å²) in [4.78, 5) is 10.5. The summed E-state index contributed by atoms with van der Waals surface area (Å²) < 4.78 is 0. The zero-order chi connectivity index (χ0) is 12.8. The Morgan fingerprint density at radius 1 is 1.41 bits per heavy atom. The largest absolute Gasteiger partial charge is 0.350 e. The molecule has 0 radical (unpaired) electrons. The van der Waals surface area contributed by atoms with Gasteiger partial charge < -0.3 is 5.73 Å². The standard InChI is InChI=1S/C13H19N3O/c1-4-9(2)11-5-7-12(8-6-11)10(3)15-16-13(14)17/h5-9H,4H2,1-3H3,(H3,14,16,17)/b15-10+. The third-order valence-electron chi connectivity index (χ3n) is 2.84. The number of hydrogen-bond acceptors (Lipinski definition) is 2. The van der Waals surface area contributed by atoms with Crippen LogP contribution in [0.1, 0.15) is 44.2 Å². The van der Waals surface area contributed by atoms with Gasteiger partial charge in [0.05, 0.1) is 5.71 Å². The Kier molecular flexibility index (Phi) is 4.69. The highest BCUT2D eigenvalue weighted by molar-refractivity contribution is 5.99. The Balaban J connectivity index is 2.80. The number of rotatable bonds is 4. The van der Waals surface area contributed by atoms with Crippen molar-refractivity contribution in [3.63, 3.8) is 0 Å². The Hall–Kier alpha value is -1.84. The fourth-order valence-electron chi connectivity index (χ4n) is 1.49. The summed E-state index contributed by atoms with van der Waals surface area (Å²) in [5.74, 6) is 0.560. The van der Waals surface area contributed by atoms with Gasteiger partial charge in [0.15, 0.2) is 0 Å². The van der Waals surface area contributed by atoms with Crippen LogP contribution in [0, 0.1) is 0 Å². The molecule has 17 heavy (non-hydrogen) atoms. The molecule has 0 aliphatic rings. The predicted octanol–water partition coefficient (Wildman–Crippen LogP) is 2.59. The molecule has 0 fully saturated rings. The molecule has 0 heterocycles. The second-order valence-corrected chi connectivity index (χ2v) is 4.10. The number of benzene rings is 1. The zero-order valence-electron chi connectivity index (χ0n) is 10.5. The van der Waals surface area contributed by atoms with Crippen molar-refractivity contribution in [3.8, 4) is 0 Å². The molecular formula is C13H19N3O. The fraction of sp³-hybridized carbons (Fsp3) is 0.385. The van der Waals surface area contributed by atoms with Crippen LogP contribution < -0.4 is 11.2 Å². The number of hydrazone groups is 1. The zero-order valence-corrected chi connectivity index (χ0v) is 10.5. The molecule has 0 aromatic heterocycles. The number of primary amides is 1. The molecule has 0 saturated carbocycles. The van der Waals surface area contributed by atoms with Gasteiger partial charge >= 0.3 is 6.03 Å². The summed E-state index contributed by atoms with van der Waals surface area (Å²) in [6, 6.07) is 7.53. The molecular weight excluding hydrogens is 214 g/mol. The Morgan fingerprint density at radius 2 is 2.00 bits per heavy atom. The van der Waals surface area contributed by atoms with E-state index in [2.05, 4.69) is 36.5 Å². The third kappa shape index (κ3) is 3.90. The van der Waals surface area contributed by atoms with Gasteiger partial charge in [0.2, 0.25) is 0 Å². The highest BCUT2D eigenvalue weighted by Gasteiger charge is 2.03.